The van der Waals surface area contributed by atoms with E-state index < -0.39 is 0 Å². The molecule has 5 heteroatoms. The number of amides is 1. The molecule has 0 aromatic heterocycles. The minimum absolute atomic E-state index is 0.0204. The van der Waals surface area contributed by atoms with Crippen molar-refractivity contribution in [2.45, 2.75) is 12.8 Å². The maximum absolute atomic E-state index is 11.5. The average Bonchev–Trinajstić information content (AvgIpc) is 3.12. The Balaban J connectivity index is 1.79. The van der Waals surface area contributed by atoms with Crippen LogP contribution in [0, 0.1) is 5.92 Å². The molecule has 2 N–H and O–H groups in total. The lowest BCUT2D eigenvalue weighted by atomic mass is 10.3. The van der Waals surface area contributed by atoms with Crippen LogP contribution < -0.4 is 10.6 Å². The van der Waals surface area contributed by atoms with Crippen molar-refractivity contribution in [3.8, 4) is 0 Å². The van der Waals surface area contributed by atoms with Crippen molar-refractivity contribution < 1.29 is 4.79 Å². The summed E-state index contributed by atoms with van der Waals surface area (Å²) in [6, 6.07) is 5.29. The topological polar surface area (TPSA) is 41.1 Å². The standard InChI is InChI=1S/C12H14Cl2N2O/c13-9-2-1-3-10(12(9)14)15-7-11(17)16-6-8-4-5-8/h1-3,8,15H,4-7H2,(H,16,17). The molecule has 0 saturated heterocycles. The molecule has 0 spiro atoms. The Hall–Kier alpha value is -0.930. The summed E-state index contributed by atoms with van der Waals surface area (Å²) in [6.45, 7) is 0.997. The van der Waals surface area contributed by atoms with Gasteiger partial charge in [-0.3, -0.25) is 4.79 Å². The van der Waals surface area contributed by atoms with Crippen molar-refractivity contribution >= 4 is 34.8 Å². The predicted octanol–water partition coefficient (Wildman–Crippen LogP) is 2.93. The molecule has 17 heavy (non-hydrogen) atoms. The zero-order valence-electron chi connectivity index (χ0n) is 9.30. The second-order valence-corrected chi connectivity index (χ2v) is 4.99. The van der Waals surface area contributed by atoms with E-state index in [4.69, 9.17) is 23.2 Å². The molecule has 0 unspecified atom stereocenters. The minimum atomic E-state index is -0.0204. The molecular formula is C12H14Cl2N2O. The first-order chi connectivity index (χ1) is 8.16. The van der Waals surface area contributed by atoms with Crippen LogP contribution in [0.15, 0.2) is 18.2 Å². The van der Waals surface area contributed by atoms with Gasteiger partial charge in [0.25, 0.3) is 0 Å². The van der Waals surface area contributed by atoms with Gasteiger partial charge in [-0.25, -0.2) is 0 Å². The molecule has 1 aliphatic carbocycles. The highest BCUT2D eigenvalue weighted by atomic mass is 35.5. The third-order valence-electron chi connectivity index (χ3n) is 2.68. The molecule has 1 saturated carbocycles. The number of halogens is 2. The third kappa shape index (κ3) is 3.79. The van der Waals surface area contributed by atoms with Crippen molar-refractivity contribution in [3.63, 3.8) is 0 Å². The summed E-state index contributed by atoms with van der Waals surface area (Å²) in [5.41, 5.74) is 0.681. The average molecular weight is 273 g/mol. The van der Waals surface area contributed by atoms with E-state index in [1.165, 1.54) is 12.8 Å². The second-order valence-electron chi connectivity index (χ2n) is 4.20. The Kier molecular flexibility index (Phi) is 4.13. The van der Waals surface area contributed by atoms with E-state index in [-0.39, 0.29) is 12.5 Å². The maximum Gasteiger partial charge on any atom is 0.239 e. The molecule has 3 nitrogen and oxygen atoms in total. The maximum atomic E-state index is 11.5. The molecule has 1 fully saturated rings. The highest BCUT2D eigenvalue weighted by molar-refractivity contribution is 6.43. The minimum Gasteiger partial charge on any atom is -0.375 e. The van der Waals surface area contributed by atoms with Gasteiger partial charge in [-0.05, 0) is 30.9 Å². The number of benzene rings is 1. The van der Waals surface area contributed by atoms with Crippen molar-refractivity contribution in [1.29, 1.82) is 0 Å². The fourth-order valence-electron chi connectivity index (χ4n) is 1.46. The Labute approximate surface area is 110 Å². The van der Waals surface area contributed by atoms with Crippen LogP contribution in [-0.2, 0) is 4.79 Å². The van der Waals surface area contributed by atoms with Gasteiger partial charge in [0, 0.05) is 6.54 Å². The van der Waals surface area contributed by atoms with Gasteiger partial charge in [0.2, 0.25) is 5.91 Å². The lowest BCUT2D eigenvalue weighted by Gasteiger charge is -2.09. The lowest BCUT2D eigenvalue weighted by Crippen LogP contribution is -2.31. The van der Waals surface area contributed by atoms with E-state index in [0.29, 0.717) is 21.7 Å². The van der Waals surface area contributed by atoms with Gasteiger partial charge in [0.1, 0.15) is 0 Å². The van der Waals surface area contributed by atoms with Crippen molar-refractivity contribution in [2.24, 2.45) is 5.92 Å². The van der Waals surface area contributed by atoms with Gasteiger partial charge in [-0.1, -0.05) is 29.3 Å². The number of anilines is 1. The number of hydrogen-bond acceptors (Lipinski definition) is 2. The summed E-state index contributed by atoms with van der Waals surface area (Å²) in [5.74, 6) is 0.668. The molecule has 2 rings (SSSR count). The summed E-state index contributed by atoms with van der Waals surface area (Å²) in [5, 5.41) is 6.77. The van der Waals surface area contributed by atoms with Gasteiger partial charge in [-0.2, -0.15) is 0 Å². The van der Waals surface area contributed by atoms with E-state index in [9.17, 15) is 4.79 Å². The zero-order valence-corrected chi connectivity index (χ0v) is 10.8. The largest absolute Gasteiger partial charge is 0.375 e. The van der Waals surface area contributed by atoms with Crippen LogP contribution in [0.2, 0.25) is 10.0 Å². The second kappa shape index (κ2) is 5.61. The molecule has 0 atom stereocenters. The van der Waals surface area contributed by atoms with Crippen molar-refractivity contribution in [2.75, 3.05) is 18.4 Å². The fraction of sp³-hybridized carbons (Fsp3) is 0.417. The molecule has 1 aromatic rings. The highest BCUT2D eigenvalue weighted by Crippen LogP contribution is 2.29. The normalized spacial score (nSPS) is 14.5. The van der Waals surface area contributed by atoms with Crippen LogP contribution in [0.5, 0.6) is 0 Å². The third-order valence-corrected chi connectivity index (χ3v) is 3.49. The van der Waals surface area contributed by atoms with E-state index in [1.807, 2.05) is 0 Å². The SMILES string of the molecule is O=C(CNc1cccc(Cl)c1Cl)NCC1CC1. The number of hydrogen-bond donors (Lipinski definition) is 2. The number of carbonyl (C=O) groups excluding carboxylic acids is 1. The van der Waals surface area contributed by atoms with Crippen LogP contribution in [0.25, 0.3) is 0 Å². The molecule has 1 aromatic carbocycles. The van der Waals surface area contributed by atoms with Crippen LogP contribution in [-0.4, -0.2) is 19.0 Å². The fourth-order valence-corrected chi connectivity index (χ4v) is 1.83. The smallest absolute Gasteiger partial charge is 0.239 e. The van der Waals surface area contributed by atoms with Crippen LogP contribution in [0.1, 0.15) is 12.8 Å². The first-order valence-corrected chi connectivity index (χ1v) is 6.37. The summed E-state index contributed by atoms with van der Waals surface area (Å²) < 4.78 is 0. The van der Waals surface area contributed by atoms with Gasteiger partial charge < -0.3 is 10.6 Å². The molecule has 0 bridgehead atoms. The van der Waals surface area contributed by atoms with Crippen LogP contribution in [0.4, 0.5) is 5.69 Å². The number of rotatable bonds is 5. The van der Waals surface area contributed by atoms with Gasteiger partial charge in [-0.15, -0.1) is 0 Å². The molecular weight excluding hydrogens is 259 g/mol. The summed E-state index contributed by atoms with van der Waals surface area (Å²) >= 11 is 11.9. The quantitative estimate of drug-likeness (QED) is 0.866. The van der Waals surface area contributed by atoms with E-state index in [1.54, 1.807) is 18.2 Å². The molecule has 0 radical (unpaired) electrons. The Bertz CT molecular complexity index is 419. The van der Waals surface area contributed by atoms with Crippen molar-refractivity contribution in [1.82, 2.24) is 5.32 Å². The van der Waals surface area contributed by atoms with Crippen LogP contribution >= 0.6 is 23.2 Å². The first kappa shape index (κ1) is 12.5. The Morgan fingerprint density at radius 1 is 1.35 bits per heavy atom. The van der Waals surface area contributed by atoms with E-state index in [2.05, 4.69) is 10.6 Å². The first-order valence-electron chi connectivity index (χ1n) is 5.61. The summed E-state index contributed by atoms with van der Waals surface area (Å²) in [6.07, 6.45) is 2.46. The summed E-state index contributed by atoms with van der Waals surface area (Å²) in [4.78, 5) is 11.5. The van der Waals surface area contributed by atoms with E-state index in [0.717, 1.165) is 6.54 Å². The monoisotopic (exact) mass is 272 g/mol. The van der Waals surface area contributed by atoms with Gasteiger partial charge in [0.05, 0.1) is 22.3 Å². The Morgan fingerprint density at radius 3 is 2.82 bits per heavy atom. The van der Waals surface area contributed by atoms with E-state index >= 15 is 0 Å². The molecule has 92 valence electrons. The Morgan fingerprint density at radius 2 is 2.12 bits per heavy atom. The predicted molar refractivity (Wildman–Crippen MR) is 70.7 cm³/mol. The molecule has 0 heterocycles. The number of nitrogens with one attached hydrogen (secondary N) is 2. The highest BCUT2D eigenvalue weighted by Gasteiger charge is 2.21. The lowest BCUT2D eigenvalue weighted by molar-refractivity contribution is -0.119. The van der Waals surface area contributed by atoms with Gasteiger partial charge in [0.15, 0.2) is 0 Å². The van der Waals surface area contributed by atoms with Crippen LogP contribution in [0.3, 0.4) is 0 Å². The van der Waals surface area contributed by atoms with Gasteiger partial charge >= 0.3 is 0 Å². The van der Waals surface area contributed by atoms with Crippen molar-refractivity contribution in [3.05, 3.63) is 28.2 Å². The molecule has 0 aliphatic heterocycles. The zero-order chi connectivity index (χ0) is 12.3. The molecule has 1 aliphatic rings. The number of carbonyl (C=O) groups is 1. The summed E-state index contributed by atoms with van der Waals surface area (Å²) in [7, 11) is 0. The molecule has 1 amide bonds.